The zero-order valence-electron chi connectivity index (χ0n) is 26.4. The van der Waals surface area contributed by atoms with Crippen molar-refractivity contribution in [2.24, 2.45) is 0 Å². The minimum Gasteiger partial charge on any atom is -0.493 e. The van der Waals surface area contributed by atoms with Crippen LogP contribution in [0.1, 0.15) is 75.1 Å². The van der Waals surface area contributed by atoms with Gasteiger partial charge in [-0.2, -0.15) is 0 Å². The van der Waals surface area contributed by atoms with Gasteiger partial charge >= 0.3 is 0 Å². The van der Waals surface area contributed by atoms with Gasteiger partial charge in [0.25, 0.3) is 5.91 Å². The highest BCUT2D eigenvalue weighted by atomic mass is 16.5. The molecule has 0 aromatic heterocycles. The number of amides is 5. The van der Waals surface area contributed by atoms with Crippen LogP contribution in [0.5, 0.6) is 5.75 Å². The van der Waals surface area contributed by atoms with Gasteiger partial charge in [-0.15, -0.1) is 0 Å². The second-order valence-electron chi connectivity index (χ2n) is 11.7. The van der Waals surface area contributed by atoms with Crippen LogP contribution in [-0.4, -0.2) is 127 Å². The van der Waals surface area contributed by atoms with E-state index in [2.05, 4.69) is 0 Å². The van der Waals surface area contributed by atoms with Gasteiger partial charge in [-0.05, 0) is 57.1 Å². The van der Waals surface area contributed by atoms with Gasteiger partial charge in [0, 0.05) is 67.2 Å². The predicted octanol–water partition coefficient (Wildman–Crippen LogP) is 2.64. The van der Waals surface area contributed by atoms with E-state index in [0.717, 1.165) is 19.3 Å². The second-order valence-corrected chi connectivity index (χ2v) is 11.7. The molecular formula is C32H49N5O6. The van der Waals surface area contributed by atoms with Crippen molar-refractivity contribution in [3.05, 3.63) is 29.8 Å². The summed E-state index contributed by atoms with van der Waals surface area (Å²) in [5.41, 5.74) is 0.367. The zero-order valence-corrected chi connectivity index (χ0v) is 26.4. The highest BCUT2D eigenvalue weighted by molar-refractivity contribution is 5.99. The maximum Gasteiger partial charge on any atom is 0.258 e. The molecule has 0 N–H and O–H groups in total. The molecule has 43 heavy (non-hydrogen) atoms. The number of nitrogens with zero attached hydrogens (tertiary/aromatic N) is 5. The smallest absolute Gasteiger partial charge is 0.258 e. The van der Waals surface area contributed by atoms with Crippen molar-refractivity contribution in [1.82, 2.24) is 24.5 Å². The summed E-state index contributed by atoms with van der Waals surface area (Å²) in [6.07, 6.45) is 6.19. The largest absolute Gasteiger partial charge is 0.493 e. The number of carbonyl (C=O) groups is 5. The molecule has 0 unspecified atom stereocenters. The predicted molar refractivity (Wildman–Crippen MR) is 163 cm³/mol. The molecule has 0 aliphatic carbocycles. The number of para-hydroxylation sites is 1. The lowest BCUT2D eigenvalue weighted by atomic mass is 10.1. The van der Waals surface area contributed by atoms with E-state index in [1.54, 1.807) is 65.0 Å². The normalized spacial score (nSPS) is 19.9. The molecule has 1 fully saturated rings. The third-order valence-corrected chi connectivity index (χ3v) is 8.43. The average molecular weight is 600 g/mol. The number of rotatable bonds is 6. The molecule has 0 bridgehead atoms. The van der Waals surface area contributed by atoms with E-state index >= 15 is 0 Å². The quantitative estimate of drug-likeness (QED) is 0.497. The number of likely N-dealkylation sites (N-methyl/N-ethyl adjacent to an activating group) is 2. The Morgan fingerprint density at radius 3 is 2.40 bits per heavy atom. The minimum atomic E-state index is -0.706. The standard InChI is InChI=1S/C32H49N5O6/c1-25(38)33(2)19-12-15-27-32(42)34(3)18-10-11-20-36(30(40)24-37-21-9-5-6-17-29(37)39)22-13-23-43-28-16-8-7-14-26(28)31(41)35(27)4/h7-8,14,16,27H,5-6,9-13,15,17-24H2,1-4H3/t27-/m0/s1. The second kappa shape index (κ2) is 16.9. The van der Waals surface area contributed by atoms with E-state index in [1.807, 2.05) is 0 Å². The Kier molecular flexibility index (Phi) is 13.3. The maximum atomic E-state index is 13.7. The average Bonchev–Trinajstić information content (AvgIpc) is 3.20. The fraction of sp³-hybridized carbons (Fsp3) is 0.656. The van der Waals surface area contributed by atoms with Crippen LogP contribution < -0.4 is 4.74 Å². The van der Waals surface area contributed by atoms with Crippen LogP contribution in [-0.2, 0) is 19.2 Å². The van der Waals surface area contributed by atoms with E-state index in [4.69, 9.17) is 4.74 Å². The summed E-state index contributed by atoms with van der Waals surface area (Å²) in [6, 6.07) is 6.29. The molecule has 0 spiro atoms. The number of likely N-dealkylation sites (tertiary alicyclic amines) is 1. The summed E-state index contributed by atoms with van der Waals surface area (Å²) in [6.45, 7) is 4.47. The molecule has 11 nitrogen and oxygen atoms in total. The fourth-order valence-electron chi connectivity index (χ4n) is 5.55. The number of benzene rings is 1. The summed E-state index contributed by atoms with van der Waals surface area (Å²) in [5.74, 6) is -0.142. The monoisotopic (exact) mass is 599 g/mol. The van der Waals surface area contributed by atoms with Gasteiger partial charge in [-0.1, -0.05) is 18.6 Å². The van der Waals surface area contributed by atoms with Crippen molar-refractivity contribution in [1.29, 1.82) is 0 Å². The van der Waals surface area contributed by atoms with Crippen molar-refractivity contribution in [3.63, 3.8) is 0 Å². The Labute approximate surface area is 256 Å². The van der Waals surface area contributed by atoms with E-state index < -0.39 is 6.04 Å². The van der Waals surface area contributed by atoms with E-state index in [1.165, 1.54) is 11.8 Å². The lowest BCUT2D eigenvalue weighted by Crippen LogP contribution is -2.49. The van der Waals surface area contributed by atoms with Gasteiger partial charge in [-0.3, -0.25) is 24.0 Å². The van der Waals surface area contributed by atoms with Crippen LogP contribution >= 0.6 is 0 Å². The van der Waals surface area contributed by atoms with Gasteiger partial charge in [0.2, 0.25) is 23.6 Å². The molecule has 1 atom stereocenters. The first kappa shape index (κ1) is 33.9. The SMILES string of the molecule is CC(=O)N(C)CCC[C@H]1C(=O)N(C)CCCCN(C(=O)CN2CCCCCC2=O)CCCOc2ccccc2C(=O)N1C. The van der Waals surface area contributed by atoms with Crippen molar-refractivity contribution >= 4 is 29.5 Å². The third-order valence-electron chi connectivity index (χ3n) is 8.43. The van der Waals surface area contributed by atoms with Gasteiger partial charge in [-0.25, -0.2) is 0 Å². The summed E-state index contributed by atoms with van der Waals surface area (Å²) in [5, 5.41) is 0. The summed E-state index contributed by atoms with van der Waals surface area (Å²) < 4.78 is 6.05. The Bertz CT molecular complexity index is 1130. The van der Waals surface area contributed by atoms with Crippen LogP contribution in [0.3, 0.4) is 0 Å². The van der Waals surface area contributed by atoms with E-state index in [0.29, 0.717) is 89.2 Å². The Hall–Kier alpha value is -3.63. The Morgan fingerprint density at radius 2 is 1.63 bits per heavy atom. The number of ether oxygens (including phenoxy) is 1. The van der Waals surface area contributed by atoms with Crippen LogP contribution in [0, 0.1) is 0 Å². The summed E-state index contributed by atoms with van der Waals surface area (Å²) in [4.78, 5) is 73.2. The number of hydrogen-bond acceptors (Lipinski definition) is 6. The van der Waals surface area contributed by atoms with Crippen LogP contribution in [0.25, 0.3) is 0 Å². The molecule has 2 aliphatic heterocycles. The molecule has 2 heterocycles. The van der Waals surface area contributed by atoms with Gasteiger partial charge in [0.05, 0.1) is 18.7 Å². The number of fused-ring (bicyclic) bond motifs is 1. The topological polar surface area (TPSA) is 111 Å². The molecule has 3 rings (SSSR count). The van der Waals surface area contributed by atoms with Crippen LogP contribution in [0.4, 0.5) is 0 Å². The Morgan fingerprint density at radius 1 is 0.930 bits per heavy atom. The van der Waals surface area contributed by atoms with Crippen molar-refractivity contribution in [3.8, 4) is 5.75 Å². The molecule has 238 valence electrons. The molecule has 5 amide bonds. The highest BCUT2D eigenvalue weighted by Gasteiger charge is 2.31. The molecule has 1 aromatic rings. The molecule has 1 saturated heterocycles. The van der Waals surface area contributed by atoms with Crippen LogP contribution in [0.2, 0.25) is 0 Å². The van der Waals surface area contributed by atoms with Crippen molar-refractivity contribution in [2.75, 3.05) is 67.0 Å². The van der Waals surface area contributed by atoms with E-state index in [-0.39, 0.29) is 36.1 Å². The Balaban J connectivity index is 1.78. The first-order valence-corrected chi connectivity index (χ1v) is 15.6. The van der Waals surface area contributed by atoms with Crippen LogP contribution in [0.15, 0.2) is 24.3 Å². The molecule has 11 heteroatoms. The number of hydrogen-bond donors (Lipinski definition) is 0. The van der Waals surface area contributed by atoms with Gasteiger partial charge < -0.3 is 29.2 Å². The fourth-order valence-corrected chi connectivity index (χ4v) is 5.55. The van der Waals surface area contributed by atoms with Crippen molar-refractivity contribution in [2.45, 2.75) is 70.8 Å². The third kappa shape index (κ3) is 9.96. The summed E-state index contributed by atoms with van der Waals surface area (Å²) >= 11 is 0. The summed E-state index contributed by atoms with van der Waals surface area (Å²) in [7, 11) is 5.10. The maximum absolute atomic E-state index is 13.7. The molecule has 0 radical (unpaired) electrons. The molecule has 0 saturated carbocycles. The van der Waals surface area contributed by atoms with E-state index in [9.17, 15) is 24.0 Å². The molecule has 1 aromatic carbocycles. The first-order chi connectivity index (χ1) is 20.6. The van der Waals surface area contributed by atoms with Gasteiger partial charge in [0.1, 0.15) is 11.8 Å². The highest BCUT2D eigenvalue weighted by Crippen LogP contribution is 2.23. The number of carbonyl (C=O) groups excluding carboxylic acids is 5. The molecule has 2 aliphatic rings. The molecular weight excluding hydrogens is 550 g/mol. The minimum absolute atomic E-state index is 0.0393. The lowest BCUT2D eigenvalue weighted by molar-refractivity contribution is -0.140. The van der Waals surface area contributed by atoms with Gasteiger partial charge in [0.15, 0.2) is 0 Å². The van der Waals surface area contributed by atoms with Crippen molar-refractivity contribution < 1.29 is 28.7 Å². The lowest BCUT2D eigenvalue weighted by Gasteiger charge is -2.32. The zero-order chi connectivity index (χ0) is 31.4. The first-order valence-electron chi connectivity index (χ1n) is 15.6.